The highest BCUT2D eigenvalue weighted by atomic mass is 16.5. The van der Waals surface area contributed by atoms with Gasteiger partial charge in [0.15, 0.2) is 0 Å². The molecule has 4 aliphatic carbocycles. The van der Waals surface area contributed by atoms with E-state index in [-0.39, 0.29) is 41.6 Å². The van der Waals surface area contributed by atoms with Crippen LogP contribution in [0.25, 0.3) is 0 Å². The lowest BCUT2D eigenvalue weighted by atomic mass is 9.86. The maximum atomic E-state index is 11.9. The fourth-order valence-corrected chi connectivity index (χ4v) is 5.19. The molecule has 0 bridgehead atoms. The van der Waals surface area contributed by atoms with Crippen LogP contribution in [0.1, 0.15) is 78.1 Å². The average Bonchev–Trinajstić information content (AvgIpc) is 3.69. The van der Waals surface area contributed by atoms with Crippen LogP contribution in [0.5, 0.6) is 0 Å². The highest BCUT2D eigenvalue weighted by molar-refractivity contribution is 5.90. The lowest BCUT2D eigenvalue weighted by Crippen LogP contribution is -2.42. The van der Waals surface area contributed by atoms with Crippen molar-refractivity contribution in [2.45, 2.75) is 90.1 Å². The van der Waals surface area contributed by atoms with Gasteiger partial charge in [0.25, 0.3) is 0 Å². The summed E-state index contributed by atoms with van der Waals surface area (Å²) >= 11 is 0. The van der Waals surface area contributed by atoms with Gasteiger partial charge in [-0.15, -0.1) is 0 Å². The first-order valence-corrected chi connectivity index (χ1v) is 12.6. The maximum Gasteiger partial charge on any atom is 0.309 e. The van der Waals surface area contributed by atoms with Crippen LogP contribution in [0.15, 0.2) is 0 Å². The molecule has 3 N–H and O–H groups in total. The van der Waals surface area contributed by atoms with E-state index in [0.717, 1.165) is 31.6 Å². The van der Waals surface area contributed by atoms with Crippen LogP contribution < -0.4 is 10.6 Å². The van der Waals surface area contributed by atoms with Crippen molar-refractivity contribution in [2.24, 2.45) is 35.5 Å². The van der Waals surface area contributed by atoms with E-state index in [1.165, 1.54) is 32.8 Å². The van der Waals surface area contributed by atoms with Crippen LogP contribution in [0, 0.1) is 35.5 Å². The molecule has 4 aliphatic rings. The zero-order valence-electron chi connectivity index (χ0n) is 20.2. The van der Waals surface area contributed by atoms with Gasteiger partial charge >= 0.3 is 11.9 Å². The van der Waals surface area contributed by atoms with Crippen LogP contribution in [0.3, 0.4) is 0 Å². The third kappa shape index (κ3) is 7.18. The van der Waals surface area contributed by atoms with Crippen molar-refractivity contribution in [3.8, 4) is 0 Å². The summed E-state index contributed by atoms with van der Waals surface area (Å²) in [6.07, 6.45) is 10.3. The zero-order valence-corrected chi connectivity index (χ0v) is 20.2. The number of ether oxygens (including phenoxy) is 1. The van der Waals surface area contributed by atoms with Gasteiger partial charge in [-0.3, -0.25) is 19.2 Å². The molecule has 0 aliphatic heterocycles. The Hall–Kier alpha value is -2.12. The molecule has 0 aromatic heterocycles. The summed E-state index contributed by atoms with van der Waals surface area (Å²) in [5.74, 6) is -0.813. The van der Waals surface area contributed by atoms with Gasteiger partial charge in [0, 0.05) is 12.1 Å². The van der Waals surface area contributed by atoms with Gasteiger partial charge in [0.2, 0.25) is 11.8 Å². The number of carboxylic acids is 1. The number of carbonyl (C=O) groups is 4. The van der Waals surface area contributed by atoms with E-state index in [2.05, 4.69) is 29.2 Å². The van der Waals surface area contributed by atoms with Crippen molar-refractivity contribution in [1.82, 2.24) is 10.6 Å². The predicted molar refractivity (Wildman–Crippen MR) is 122 cm³/mol. The predicted octanol–water partition coefficient (Wildman–Crippen LogP) is 2.89. The Bertz CT molecular complexity index is 732. The highest BCUT2D eigenvalue weighted by Crippen LogP contribution is 2.40. The monoisotopic (exact) mass is 464 g/mol. The lowest BCUT2D eigenvalue weighted by molar-refractivity contribution is -0.143. The average molecular weight is 465 g/mol. The van der Waals surface area contributed by atoms with E-state index >= 15 is 0 Å². The Labute approximate surface area is 196 Å². The normalized spacial score (nSPS) is 36.9. The lowest BCUT2D eigenvalue weighted by Gasteiger charge is -2.29. The van der Waals surface area contributed by atoms with Crippen molar-refractivity contribution < 1.29 is 29.0 Å². The summed E-state index contributed by atoms with van der Waals surface area (Å²) in [4.78, 5) is 45.5. The third-order valence-corrected chi connectivity index (χ3v) is 7.88. The smallest absolute Gasteiger partial charge is 0.309 e. The number of esters is 1. The second-order valence-corrected chi connectivity index (χ2v) is 10.6. The Morgan fingerprint density at radius 1 is 0.758 bits per heavy atom. The van der Waals surface area contributed by atoms with Crippen LogP contribution in [-0.2, 0) is 23.9 Å². The summed E-state index contributed by atoms with van der Waals surface area (Å²) in [5, 5.41) is 14.8. The first-order valence-electron chi connectivity index (χ1n) is 12.6. The van der Waals surface area contributed by atoms with Gasteiger partial charge in [0.05, 0.1) is 30.8 Å². The number of methoxy groups -OCH3 is 1. The van der Waals surface area contributed by atoms with Crippen LogP contribution >= 0.6 is 0 Å². The minimum Gasteiger partial charge on any atom is -0.481 e. The van der Waals surface area contributed by atoms with E-state index in [9.17, 15) is 19.2 Å². The second-order valence-electron chi connectivity index (χ2n) is 10.6. The minimum atomic E-state index is -0.836. The van der Waals surface area contributed by atoms with E-state index < -0.39 is 11.9 Å². The number of amides is 2. The van der Waals surface area contributed by atoms with Crippen LogP contribution in [-0.4, -0.2) is 48.1 Å². The van der Waals surface area contributed by atoms with Crippen LogP contribution in [0.2, 0.25) is 0 Å². The Kier molecular flexibility index (Phi) is 8.76. The van der Waals surface area contributed by atoms with Gasteiger partial charge in [-0.2, -0.15) is 0 Å². The van der Waals surface area contributed by atoms with E-state index in [1.807, 2.05) is 0 Å². The molecule has 0 aromatic carbocycles. The maximum absolute atomic E-state index is 11.9. The van der Waals surface area contributed by atoms with E-state index in [4.69, 9.17) is 5.11 Å². The van der Waals surface area contributed by atoms with Gasteiger partial charge in [-0.05, 0) is 63.2 Å². The van der Waals surface area contributed by atoms with E-state index in [0.29, 0.717) is 24.8 Å². The van der Waals surface area contributed by atoms with Crippen molar-refractivity contribution in [2.75, 3.05) is 7.11 Å². The fourth-order valence-electron chi connectivity index (χ4n) is 5.19. The standard InChI is InChI=1S/C13H21NO3.C12H19NO3/c1-8-3-5-9(6-4-8)14-12(15)10-7-11(10)13(16)17-2;1-7-4-2-3-5-10(7)13-11(14)8-6-9(8)12(15)16/h8-11H,3-7H2,1-2H3,(H,14,15);7-10H,2-6H2,1H3,(H,13,14)(H,15,16)/t8?,9?,10-,11-;7-,8-,9-,10-/m11/s1. The quantitative estimate of drug-likeness (QED) is 0.520. The van der Waals surface area contributed by atoms with Crippen molar-refractivity contribution in [3.63, 3.8) is 0 Å². The molecule has 6 atom stereocenters. The summed E-state index contributed by atoms with van der Waals surface area (Å²) in [5.41, 5.74) is 0. The molecular formula is C25H40N2O6. The topological polar surface area (TPSA) is 122 Å². The molecule has 186 valence electrons. The first-order chi connectivity index (χ1) is 15.7. The highest BCUT2D eigenvalue weighted by Gasteiger charge is 2.49. The van der Waals surface area contributed by atoms with E-state index in [1.54, 1.807) is 0 Å². The Morgan fingerprint density at radius 3 is 1.91 bits per heavy atom. The Balaban J connectivity index is 0.000000186. The largest absolute Gasteiger partial charge is 0.481 e. The van der Waals surface area contributed by atoms with Crippen molar-refractivity contribution in [3.05, 3.63) is 0 Å². The van der Waals surface area contributed by atoms with Crippen molar-refractivity contribution >= 4 is 23.8 Å². The summed E-state index contributed by atoms with van der Waals surface area (Å²) in [6.45, 7) is 4.41. The molecule has 0 radical (unpaired) electrons. The number of rotatable bonds is 6. The first kappa shape index (κ1) is 25.5. The number of carboxylic acid groups (broad SMARTS) is 1. The van der Waals surface area contributed by atoms with Gasteiger partial charge in [-0.1, -0.05) is 26.7 Å². The van der Waals surface area contributed by atoms with Crippen molar-refractivity contribution in [1.29, 1.82) is 0 Å². The molecular weight excluding hydrogens is 424 g/mol. The molecule has 4 rings (SSSR count). The number of carbonyl (C=O) groups excluding carboxylic acids is 3. The number of aliphatic carboxylic acids is 1. The van der Waals surface area contributed by atoms with Crippen LogP contribution in [0.4, 0.5) is 0 Å². The summed E-state index contributed by atoms with van der Waals surface area (Å²) in [7, 11) is 1.37. The molecule has 0 aromatic rings. The molecule has 8 heteroatoms. The molecule has 0 heterocycles. The SMILES string of the molecule is COC(=O)[C@@H]1C[C@H]1C(=O)NC1CCC(C)CC1.C[C@@H]1CCCC[C@H]1NC(=O)[C@@H]1C[C@H]1C(=O)O. The molecule has 0 spiro atoms. The molecule has 2 amide bonds. The molecule has 4 fully saturated rings. The summed E-state index contributed by atoms with van der Waals surface area (Å²) < 4.78 is 4.64. The zero-order chi connectivity index (χ0) is 24.1. The van der Waals surface area contributed by atoms with Gasteiger partial charge < -0.3 is 20.5 Å². The molecule has 0 saturated heterocycles. The van der Waals surface area contributed by atoms with Gasteiger partial charge in [-0.25, -0.2) is 0 Å². The number of hydrogen-bond donors (Lipinski definition) is 3. The fraction of sp³-hybridized carbons (Fsp3) is 0.840. The molecule has 33 heavy (non-hydrogen) atoms. The minimum absolute atomic E-state index is 0.0416. The molecule has 8 nitrogen and oxygen atoms in total. The Morgan fingerprint density at radius 2 is 1.33 bits per heavy atom. The number of nitrogens with one attached hydrogen (secondary N) is 2. The molecule has 4 saturated carbocycles. The number of hydrogen-bond acceptors (Lipinski definition) is 5. The molecule has 0 unspecified atom stereocenters. The van der Waals surface area contributed by atoms with Gasteiger partial charge in [0.1, 0.15) is 0 Å². The summed E-state index contributed by atoms with van der Waals surface area (Å²) in [6, 6.07) is 0.578. The third-order valence-electron chi connectivity index (χ3n) is 7.88. The second kappa shape index (κ2) is 11.3.